The van der Waals surface area contributed by atoms with Gasteiger partial charge in [-0.2, -0.15) is 0 Å². The van der Waals surface area contributed by atoms with E-state index in [2.05, 4.69) is 0 Å². The SMILES string of the molecule is CCOC(=O)c1ccc(N)cc1OCCCCCO. The van der Waals surface area contributed by atoms with Gasteiger partial charge in [0, 0.05) is 18.4 Å². The van der Waals surface area contributed by atoms with Crippen LogP contribution in [0.3, 0.4) is 0 Å². The average Bonchev–Trinajstić information content (AvgIpc) is 2.39. The number of unbranched alkanes of at least 4 members (excludes halogenated alkanes) is 2. The molecule has 3 N–H and O–H groups in total. The maximum absolute atomic E-state index is 11.7. The van der Waals surface area contributed by atoms with Gasteiger partial charge in [0.15, 0.2) is 0 Å². The number of carbonyl (C=O) groups is 1. The largest absolute Gasteiger partial charge is 0.493 e. The summed E-state index contributed by atoms with van der Waals surface area (Å²) >= 11 is 0. The van der Waals surface area contributed by atoms with Crippen molar-refractivity contribution in [1.82, 2.24) is 0 Å². The second-order valence-corrected chi connectivity index (χ2v) is 4.11. The highest BCUT2D eigenvalue weighted by Crippen LogP contribution is 2.23. The summed E-state index contributed by atoms with van der Waals surface area (Å²) in [5, 5.41) is 8.68. The molecule has 1 rings (SSSR count). The summed E-state index contributed by atoms with van der Waals surface area (Å²) in [5.41, 5.74) is 6.62. The number of aliphatic hydroxyl groups is 1. The van der Waals surface area contributed by atoms with E-state index in [0.29, 0.717) is 30.2 Å². The number of hydrogen-bond acceptors (Lipinski definition) is 5. The molecule has 106 valence electrons. The van der Waals surface area contributed by atoms with Gasteiger partial charge in [0.25, 0.3) is 0 Å². The maximum atomic E-state index is 11.7. The number of nitrogen functional groups attached to an aromatic ring is 1. The molecule has 0 aromatic heterocycles. The lowest BCUT2D eigenvalue weighted by molar-refractivity contribution is 0.0521. The van der Waals surface area contributed by atoms with Crippen molar-refractivity contribution in [3.8, 4) is 5.75 Å². The van der Waals surface area contributed by atoms with Crippen LogP contribution in [-0.2, 0) is 4.74 Å². The number of rotatable bonds is 8. The van der Waals surface area contributed by atoms with Gasteiger partial charge in [-0.1, -0.05) is 0 Å². The van der Waals surface area contributed by atoms with Gasteiger partial charge in [0.2, 0.25) is 0 Å². The van der Waals surface area contributed by atoms with Crippen LogP contribution in [0, 0.1) is 0 Å². The quantitative estimate of drug-likeness (QED) is 0.427. The van der Waals surface area contributed by atoms with Crippen LogP contribution in [0.1, 0.15) is 36.5 Å². The van der Waals surface area contributed by atoms with Crippen LogP contribution in [0.25, 0.3) is 0 Å². The summed E-state index contributed by atoms with van der Waals surface area (Å²) in [4.78, 5) is 11.7. The molecule has 0 unspecified atom stereocenters. The van der Waals surface area contributed by atoms with Gasteiger partial charge in [-0.15, -0.1) is 0 Å². The Morgan fingerprint density at radius 1 is 1.32 bits per heavy atom. The van der Waals surface area contributed by atoms with Crippen molar-refractivity contribution in [3.63, 3.8) is 0 Å². The Morgan fingerprint density at radius 3 is 2.79 bits per heavy atom. The molecule has 0 aliphatic carbocycles. The highest BCUT2D eigenvalue weighted by atomic mass is 16.5. The molecule has 1 aromatic carbocycles. The third-order valence-electron chi connectivity index (χ3n) is 2.56. The molecule has 0 spiro atoms. The highest BCUT2D eigenvalue weighted by molar-refractivity contribution is 5.93. The predicted octanol–water partition coefficient (Wildman–Crippen LogP) is 1.99. The van der Waals surface area contributed by atoms with Gasteiger partial charge in [0.1, 0.15) is 11.3 Å². The number of benzene rings is 1. The molecule has 0 heterocycles. The molecular weight excluding hydrogens is 246 g/mol. The number of carbonyl (C=O) groups excluding carboxylic acids is 1. The number of nitrogens with two attached hydrogens (primary N) is 1. The van der Waals surface area contributed by atoms with Crippen molar-refractivity contribution in [1.29, 1.82) is 0 Å². The fourth-order valence-electron chi connectivity index (χ4n) is 1.61. The summed E-state index contributed by atoms with van der Waals surface area (Å²) in [7, 11) is 0. The van der Waals surface area contributed by atoms with E-state index in [-0.39, 0.29) is 6.61 Å². The van der Waals surface area contributed by atoms with Crippen LogP contribution in [0.4, 0.5) is 5.69 Å². The molecule has 19 heavy (non-hydrogen) atoms. The van der Waals surface area contributed by atoms with Gasteiger partial charge < -0.3 is 20.3 Å². The van der Waals surface area contributed by atoms with Crippen LogP contribution in [0.5, 0.6) is 5.75 Å². The molecule has 0 bridgehead atoms. The Bertz CT molecular complexity index is 406. The van der Waals surface area contributed by atoms with Crippen LogP contribution < -0.4 is 10.5 Å². The van der Waals surface area contributed by atoms with E-state index in [1.54, 1.807) is 25.1 Å². The Balaban J connectivity index is 2.63. The van der Waals surface area contributed by atoms with Gasteiger partial charge in [0.05, 0.1) is 13.2 Å². The summed E-state index contributed by atoms with van der Waals surface area (Å²) in [6.45, 7) is 2.74. The van der Waals surface area contributed by atoms with Crippen molar-refractivity contribution in [2.75, 3.05) is 25.6 Å². The summed E-state index contributed by atoms with van der Waals surface area (Å²) in [5.74, 6) is 0.0373. The van der Waals surface area contributed by atoms with Crippen LogP contribution in [-0.4, -0.2) is 30.9 Å². The van der Waals surface area contributed by atoms with Gasteiger partial charge in [-0.25, -0.2) is 4.79 Å². The Morgan fingerprint density at radius 2 is 2.11 bits per heavy atom. The molecule has 0 fully saturated rings. The van der Waals surface area contributed by atoms with Crippen LogP contribution in [0.15, 0.2) is 18.2 Å². The second kappa shape index (κ2) is 8.37. The molecule has 1 aromatic rings. The lowest BCUT2D eigenvalue weighted by Crippen LogP contribution is -2.09. The zero-order valence-corrected chi connectivity index (χ0v) is 11.2. The third-order valence-corrected chi connectivity index (χ3v) is 2.56. The minimum atomic E-state index is -0.409. The first-order chi connectivity index (χ1) is 9.19. The number of ether oxygens (including phenoxy) is 2. The van der Waals surface area contributed by atoms with Gasteiger partial charge in [-0.3, -0.25) is 0 Å². The average molecular weight is 267 g/mol. The van der Waals surface area contributed by atoms with Crippen LogP contribution >= 0.6 is 0 Å². The van der Waals surface area contributed by atoms with E-state index in [9.17, 15) is 4.79 Å². The topological polar surface area (TPSA) is 81.8 Å². The van der Waals surface area contributed by atoms with Gasteiger partial charge in [-0.05, 0) is 38.3 Å². The Kier molecular flexibility index (Phi) is 6.74. The highest BCUT2D eigenvalue weighted by Gasteiger charge is 2.13. The lowest BCUT2D eigenvalue weighted by Gasteiger charge is -2.11. The van der Waals surface area contributed by atoms with E-state index >= 15 is 0 Å². The summed E-state index contributed by atoms with van der Waals surface area (Å²) in [6.07, 6.45) is 2.45. The zero-order valence-electron chi connectivity index (χ0n) is 11.2. The first-order valence-corrected chi connectivity index (χ1v) is 6.49. The molecular formula is C14H21NO4. The van der Waals surface area contributed by atoms with E-state index in [1.807, 2.05) is 0 Å². The molecule has 0 aliphatic rings. The fourth-order valence-corrected chi connectivity index (χ4v) is 1.61. The van der Waals surface area contributed by atoms with Crippen molar-refractivity contribution in [3.05, 3.63) is 23.8 Å². The fraction of sp³-hybridized carbons (Fsp3) is 0.500. The normalized spacial score (nSPS) is 10.2. The number of anilines is 1. The molecule has 0 radical (unpaired) electrons. The number of aliphatic hydroxyl groups excluding tert-OH is 1. The molecule has 0 amide bonds. The monoisotopic (exact) mass is 267 g/mol. The molecule has 5 heteroatoms. The number of hydrogen-bond donors (Lipinski definition) is 2. The maximum Gasteiger partial charge on any atom is 0.341 e. The smallest absolute Gasteiger partial charge is 0.341 e. The second-order valence-electron chi connectivity index (χ2n) is 4.11. The standard InChI is InChI=1S/C14H21NO4/c1-2-18-14(17)12-7-6-11(15)10-13(12)19-9-5-3-4-8-16/h6-7,10,16H,2-5,8-9,15H2,1H3. The third kappa shape index (κ3) is 5.18. The van der Waals surface area contributed by atoms with Crippen molar-refractivity contribution in [2.24, 2.45) is 0 Å². The molecule has 0 aliphatic heterocycles. The molecule has 0 saturated heterocycles. The molecule has 5 nitrogen and oxygen atoms in total. The first kappa shape index (κ1) is 15.3. The van der Waals surface area contributed by atoms with E-state index < -0.39 is 5.97 Å². The Hall–Kier alpha value is -1.75. The van der Waals surface area contributed by atoms with E-state index in [4.69, 9.17) is 20.3 Å². The Labute approximate surface area is 113 Å². The zero-order chi connectivity index (χ0) is 14.1. The predicted molar refractivity (Wildman–Crippen MR) is 73.2 cm³/mol. The van der Waals surface area contributed by atoms with E-state index in [1.165, 1.54) is 0 Å². The first-order valence-electron chi connectivity index (χ1n) is 6.49. The summed E-state index contributed by atoms with van der Waals surface area (Å²) in [6, 6.07) is 4.87. The minimum Gasteiger partial charge on any atom is -0.493 e. The summed E-state index contributed by atoms with van der Waals surface area (Å²) < 4.78 is 10.5. The minimum absolute atomic E-state index is 0.187. The van der Waals surface area contributed by atoms with Gasteiger partial charge >= 0.3 is 5.97 Å². The molecule has 0 saturated carbocycles. The van der Waals surface area contributed by atoms with Crippen molar-refractivity contribution < 1.29 is 19.4 Å². The van der Waals surface area contributed by atoms with Crippen molar-refractivity contribution >= 4 is 11.7 Å². The number of esters is 1. The van der Waals surface area contributed by atoms with E-state index in [0.717, 1.165) is 19.3 Å². The van der Waals surface area contributed by atoms with Crippen molar-refractivity contribution in [2.45, 2.75) is 26.2 Å². The molecule has 0 atom stereocenters. The van der Waals surface area contributed by atoms with Crippen LogP contribution in [0.2, 0.25) is 0 Å². The lowest BCUT2D eigenvalue weighted by atomic mass is 10.2.